The fourth-order valence-electron chi connectivity index (χ4n) is 3.04. The van der Waals surface area contributed by atoms with Gasteiger partial charge in [0.25, 0.3) is 5.56 Å². The summed E-state index contributed by atoms with van der Waals surface area (Å²) < 4.78 is 25.6. The van der Waals surface area contributed by atoms with Crippen molar-refractivity contribution in [2.45, 2.75) is 13.5 Å². The topological polar surface area (TPSA) is 74.3 Å². The van der Waals surface area contributed by atoms with Crippen molar-refractivity contribution in [3.63, 3.8) is 0 Å². The summed E-state index contributed by atoms with van der Waals surface area (Å²) in [4.78, 5) is 28.7. The lowest BCUT2D eigenvalue weighted by Crippen LogP contribution is -2.22. The van der Waals surface area contributed by atoms with Gasteiger partial charge in [0, 0.05) is 6.92 Å². The smallest absolute Gasteiger partial charge is 0.303 e. The van der Waals surface area contributed by atoms with Crippen LogP contribution < -0.4 is 5.56 Å². The summed E-state index contributed by atoms with van der Waals surface area (Å²) in [6.45, 7) is 1.34. The third-order valence-electron chi connectivity index (χ3n) is 4.45. The number of nitrogens with zero attached hydrogens (tertiary/aromatic N) is 2. The van der Waals surface area contributed by atoms with E-state index in [1.54, 1.807) is 48.6 Å². The molecule has 0 atom stereocenters. The standard InChI is InChI=1S/C23H16ClFN2O4/c1-14(28)30-13-17-8-7-16(31-17)9-11-22-26-20-10-6-15(25)12-18(20)23(29)27(22)21-5-3-2-4-19(21)24/h2-12H,13H2,1H3. The molecule has 0 spiro atoms. The second-order valence-electron chi connectivity index (χ2n) is 6.64. The number of aromatic nitrogens is 2. The summed E-state index contributed by atoms with van der Waals surface area (Å²) >= 11 is 6.32. The van der Waals surface area contributed by atoms with Crippen molar-refractivity contribution >= 4 is 40.6 Å². The molecule has 0 aliphatic heterocycles. The number of ether oxygens (including phenoxy) is 1. The normalized spacial score (nSPS) is 11.3. The molecule has 0 saturated carbocycles. The van der Waals surface area contributed by atoms with Crippen molar-refractivity contribution in [1.82, 2.24) is 9.55 Å². The number of furan rings is 1. The molecule has 4 rings (SSSR count). The highest BCUT2D eigenvalue weighted by Crippen LogP contribution is 2.22. The maximum absolute atomic E-state index is 13.8. The van der Waals surface area contributed by atoms with Gasteiger partial charge in [0.15, 0.2) is 0 Å². The highest BCUT2D eigenvalue weighted by molar-refractivity contribution is 6.32. The van der Waals surface area contributed by atoms with Crippen LogP contribution in [0, 0.1) is 5.82 Å². The molecule has 2 heterocycles. The van der Waals surface area contributed by atoms with Gasteiger partial charge in [0.2, 0.25) is 0 Å². The molecule has 2 aromatic carbocycles. The zero-order valence-electron chi connectivity index (χ0n) is 16.3. The van der Waals surface area contributed by atoms with Crippen LogP contribution in [0.3, 0.4) is 0 Å². The number of para-hydroxylation sites is 1. The number of carbonyl (C=O) groups excluding carboxylic acids is 1. The van der Waals surface area contributed by atoms with E-state index in [-0.39, 0.29) is 17.8 Å². The molecule has 0 unspecified atom stereocenters. The minimum atomic E-state index is -0.531. The van der Waals surface area contributed by atoms with E-state index in [0.29, 0.717) is 27.7 Å². The van der Waals surface area contributed by atoms with Gasteiger partial charge in [0.1, 0.15) is 29.8 Å². The molecule has 8 heteroatoms. The van der Waals surface area contributed by atoms with Gasteiger partial charge < -0.3 is 9.15 Å². The summed E-state index contributed by atoms with van der Waals surface area (Å²) in [5.74, 6) is 0.294. The molecule has 0 fully saturated rings. The van der Waals surface area contributed by atoms with Crippen molar-refractivity contribution in [2.75, 3.05) is 0 Å². The van der Waals surface area contributed by atoms with E-state index >= 15 is 0 Å². The van der Waals surface area contributed by atoms with Crippen LogP contribution in [-0.4, -0.2) is 15.5 Å². The fraction of sp³-hybridized carbons (Fsp3) is 0.0870. The van der Waals surface area contributed by atoms with E-state index in [4.69, 9.17) is 20.8 Å². The van der Waals surface area contributed by atoms with Crippen LogP contribution in [0.15, 0.2) is 63.8 Å². The third-order valence-corrected chi connectivity index (χ3v) is 4.77. The Kier molecular flexibility index (Phi) is 5.68. The predicted molar refractivity (Wildman–Crippen MR) is 115 cm³/mol. The lowest BCUT2D eigenvalue weighted by Gasteiger charge is -2.12. The Bertz CT molecular complexity index is 1370. The molecular formula is C23H16ClFN2O4. The average molecular weight is 439 g/mol. The number of fused-ring (bicyclic) bond motifs is 1. The Hall–Kier alpha value is -3.71. The van der Waals surface area contributed by atoms with E-state index in [1.165, 1.54) is 23.6 Å². The Labute approximate surface area is 181 Å². The first kappa shape index (κ1) is 20.6. The SMILES string of the molecule is CC(=O)OCc1ccc(C=Cc2nc3ccc(F)cc3c(=O)n2-c2ccccc2Cl)o1. The van der Waals surface area contributed by atoms with Gasteiger partial charge in [-0.25, -0.2) is 9.37 Å². The number of esters is 1. The van der Waals surface area contributed by atoms with Gasteiger partial charge in [-0.1, -0.05) is 23.7 Å². The van der Waals surface area contributed by atoms with Crippen LogP contribution in [-0.2, 0) is 16.1 Å². The van der Waals surface area contributed by atoms with Crippen LogP contribution in [0.5, 0.6) is 0 Å². The van der Waals surface area contributed by atoms with Crippen molar-refractivity contribution in [2.24, 2.45) is 0 Å². The van der Waals surface area contributed by atoms with Crippen LogP contribution >= 0.6 is 11.6 Å². The Balaban J connectivity index is 1.81. The van der Waals surface area contributed by atoms with E-state index in [9.17, 15) is 14.0 Å². The molecule has 0 saturated heterocycles. The zero-order chi connectivity index (χ0) is 22.0. The van der Waals surface area contributed by atoms with Crippen LogP contribution in [0.4, 0.5) is 4.39 Å². The highest BCUT2D eigenvalue weighted by Gasteiger charge is 2.14. The first-order chi connectivity index (χ1) is 14.9. The van der Waals surface area contributed by atoms with Gasteiger partial charge in [-0.05, 0) is 54.6 Å². The van der Waals surface area contributed by atoms with Gasteiger partial charge in [0.05, 0.1) is 21.6 Å². The van der Waals surface area contributed by atoms with Crippen LogP contribution in [0.25, 0.3) is 28.7 Å². The predicted octanol–water partition coefficient (Wildman–Crippen LogP) is 5.00. The molecule has 0 radical (unpaired) electrons. The number of halogens is 2. The second kappa shape index (κ2) is 8.57. The first-order valence-electron chi connectivity index (χ1n) is 9.30. The summed E-state index contributed by atoms with van der Waals surface area (Å²) in [6.07, 6.45) is 3.23. The summed E-state index contributed by atoms with van der Waals surface area (Å²) in [6, 6.07) is 14.0. The quantitative estimate of drug-likeness (QED) is 0.410. The minimum absolute atomic E-state index is 0.0211. The van der Waals surface area contributed by atoms with Gasteiger partial charge in [-0.3, -0.25) is 14.2 Å². The zero-order valence-corrected chi connectivity index (χ0v) is 17.1. The average Bonchev–Trinajstić information content (AvgIpc) is 3.20. The van der Waals surface area contributed by atoms with Crippen LogP contribution in [0.2, 0.25) is 5.02 Å². The van der Waals surface area contributed by atoms with Crippen molar-refractivity contribution in [3.8, 4) is 5.69 Å². The summed E-state index contributed by atoms with van der Waals surface area (Å²) in [5, 5.41) is 0.484. The minimum Gasteiger partial charge on any atom is -0.458 e. The largest absolute Gasteiger partial charge is 0.458 e. The molecule has 156 valence electrons. The Morgan fingerprint density at radius 2 is 2.00 bits per heavy atom. The summed E-state index contributed by atoms with van der Waals surface area (Å²) in [5.41, 5.74) is 0.319. The number of hydrogen-bond donors (Lipinski definition) is 0. The number of benzene rings is 2. The second-order valence-corrected chi connectivity index (χ2v) is 7.05. The maximum atomic E-state index is 13.8. The lowest BCUT2D eigenvalue weighted by molar-refractivity contribution is -0.142. The van der Waals surface area contributed by atoms with Crippen molar-refractivity contribution < 1.29 is 18.3 Å². The van der Waals surface area contributed by atoms with Gasteiger partial charge in [-0.2, -0.15) is 0 Å². The molecule has 0 amide bonds. The summed E-state index contributed by atoms with van der Waals surface area (Å²) in [7, 11) is 0. The van der Waals surface area contributed by atoms with Gasteiger partial charge in [-0.15, -0.1) is 0 Å². The van der Waals surface area contributed by atoms with Crippen molar-refractivity contribution in [3.05, 3.63) is 93.1 Å². The van der Waals surface area contributed by atoms with E-state index in [2.05, 4.69) is 4.98 Å². The Morgan fingerprint density at radius 1 is 1.19 bits per heavy atom. The molecule has 0 aliphatic carbocycles. The maximum Gasteiger partial charge on any atom is 0.303 e. The molecule has 0 N–H and O–H groups in total. The highest BCUT2D eigenvalue weighted by atomic mass is 35.5. The molecule has 0 aliphatic rings. The van der Waals surface area contributed by atoms with E-state index in [1.807, 2.05) is 0 Å². The number of hydrogen-bond acceptors (Lipinski definition) is 5. The molecule has 4 aromatic rings. The van der Waals surface area contributed by atoms with Crippen molar-refractivity contribution in [1.29, 1.82) is 0 Å². The molecule has 6 nitrogen and oxygen atoms in total. The third kappa shape index (κ3) is 4.41. The van der Waals surface area contributed by atoms with E-state index < -0.39 is 17.3 Å². The monoisotopic (exact) mass is 438 g/mol. The lowest BCUT2D eigenvalue weighted by atomic mass is 10.2. The molecule has 2 aromatic heterocycles. The molecule has 31 heavy (non-hydrogen) atoms. The fourth-order valence-corrected chi connectivity index (χ4v) is 3.26. The first-order valence-corrected chi connectivity index (χ1v) is 9.67. The number of carbonyl (C=O) groups is 1. The number of rotatable bonds is 5. The van der Waals surface area contributed by atoms with E-state index in [0.717, 1.165) is 6.07 Å². The van der Waals surface area contributed by atoms with Crippen LogP contribution in [0.1, 0.15) is 24.3 Å². The molecular weight excluding hydrogens is 423 g/mol. The van der Waals surface area contributed by atoms with Gasteiger partial charge >= 0.3 is 5.97 Å². The Morgan fingerprint density at radius 3 is 2.77 bits per heavy atom. The molecule has 0 bridgehead atoms.